The number of amides is 1. The van der Waals surface area contributed by atoms with Gasteiger partial charge in [-0.2, -0.15) is 5.10 Å². The molecule has 128 valence electrons. The number of fused-ring (bicyclic) bond motifs is 1. The first-order valence-electron chi connectivity index (χ1n) is 7.54. The van der Waals surface area contributed by atoms with Crippen molar-refractivity contribution in [2.75, 3.05) is 19.4 Å². The summed E-state index contributed by atoms with van der Waals surface area (Å²) in [6, 6.07) is 1.70. The predicted octanol–water partition coefficient (Wildman–Crippen LogP) is 1.96. The molecule has 9 heteroatoms. The van der Waals surface area contributed by atoms with E-state index in [0.717, 1.165) is 22.1 Å². The average Bonchev–Trinajstić information content (AvgIpc) is 3.12. The molecule has 0 bridgehead atoms. The lowest BCUT2D eigenvalue weighted by molar-refractivity contribution is -0.128. The zero-order valence-corrected chi connectivity index (χ0v) is 15.2. The molecule has 7 nitrogen and oxygen atoms in total. The van der Waals surface area contributed by atoms with Gasteiger partial charge in [0.1, 0.15) is 0 Å². The smallest absolute Gasteiger partial charge is 0.358 e. The molecular formula is C15H18N4O3S2. The molecule has 0 N–H and O–H groups in total. The number of carbonyl (C=O) groups excluding carboxylic acids is 2. The largest absolute Gasteiger partial charge is 0.464 e. The maximum absolute atomic E-state index is 12.5. The molecule has 1 amide bonds. The highest BCUT2D eigenvalue weighted by Crippen LogP contribution is 2.23. The van der Waals surface area contributed by atoms with Crippen LogP contribution in [0, 0.1) is 6.92 Å². The van der Waals surface area contributed by atoms with Crippen LogP contribution in [0.15, 0.2) is 15.8 Å². The van der Waals surface area contributed by atoms with Crippen LogP contribution in [0.1, 0.15) is 28.3 Å². The molecule has 24 heavy (non-hydrogen) atoms. The van der Waals surface area contributed by atoms with E-state index in [9.17, 15) is 9.59 Å². The normalized spacial score (nSPS) is 14.2. The van der Waals surface area contributed by atoms with Gasteiger partial charge >= 0.3 is 5.97 Å². The molecule has 0 aromatic carbocycles. The van der Waals surface area contributed by atoms with Crippen LogP contribution in [0.4, 0.5) is 0 Å². The van der Waals surface area contributed by atoms with Crippen molar-refractivity contribution in [3.05, 3.63) is 28.5 Å². The van der Waals surface area contributed by atoms with Crippen LogP contribution in [0.5, 0.6) is 0 Å². The van der Waals surface area contributed by atoms with E-state index >= 15 is 0 Å². The summed E-state index contributed by atoms with van der Waals surface area (Å²) >= 11 is 3.02. The Kier molecular flexibility index (Phi) is 5.20. The van der Waals surface area contributed by atoms with Gasteiger partial charge in [0.05, 0.1) is 25.1 Å². The number of thiazole rings is 1. The van der Waals surface area contributed by atoms with Crippen LogP contribution in [-0.4, -0.2) is 50.9 Å². The molecule has 0 saturated carbocycles. The lowest BCUT2D eigenvalue weighted by Crippen LogP contribution is -2.32. The lowest BCUT2D eigenvalue weighted by atomic mass is 10.3. The van der Waals surface area contributed by atoms with Crippen molar-refractivity contribution in [3.8, 4) is 0 Å². The molecule has 0 aliphatic carbocycles. The summed E-state index contributed by atoms with van der Waals surface area (Å²) in [6.45, 7) is 3.78. The van der Waals surface area contributed by atoms with E-state index in [1.165, 1.54) is 18.9 Å². The number of esters is 1. The molecule has 1 aliphatic heterocycles. The van der Waals surface area contributed by atoms with Crippen molar-refractivity contribution in [3.63, 3.8) is 0 Å². The van der Waals surface area contributed by atoms with Gasteiger partial charge in [-0.3, -0.25) is 9.48 Å². The van der Waals surface area contributed by atoms with Crippen LogP contribution < -0.4 is 0 Å². The fraction of sp³-hybridized carbons (Fsp3) is 0.467. The first-order chi connectivity index (χ1) is 11.6. The fourth-order valence-corrected chi connectivity index (χ4v) is 4.25. The average molecular weight is 366 g/mol. The summed E-state index contributed by atoms with van der Waals surface area (Å²) in [4.78, 5) is 30.3. The first kappa shape index (κ1) is 17.0. The third kappa shape index (κ3) is 3.78. The minimum Gasteiger partial charge on any atom is -0.464 e. The van der Waals surface area contributed by atoms with Crippen LogP contribution in [-0.2, 0) is 22.6 Å². The number of hydrogen-bond donors (Lipinski definition) is 0. The number of thioether (sulfide) groups is 1. The lowest BCUT2D eigenvalue weighted by Gasteiger charge is -2.19. The first-order valence-corrected chi connectivity index (χ1v) is 9.41. The highest BCUT2D eigenvalue weighted by Gasteiger charge is 2.22. The topological polar surface area (TPSA) is 77.3 Å². The van der Waals surface area contributed by atoms with Gasteiger partial charge in [-0.15, -0.1) is 11.3 Å². The van der Waals surface area contributed by atoms with Crippen LogP contribution in [0.25, 0.3) is 0 Å². The molecule has 2 aromatic heterocycles. The maximum atomic E-state index is 12.5. The Morgan fingerprint density at radius 1 is 1.42 bits per heavy atom. The van der Waals surface area contributed by atoms with Crippen molar-refractivity contribution >= 4 is 35.0 Å². The van der Waals surface area contributed by atoms with E-state index in [1.54, 1.807) is 22.1 Å². The summed E-state index contributed by atoms with van der Waals surface area (Å²) in [5.41, 5.74) is 2.12. The Labute approximate surface area is 148 Å². The minimum atomic E-state index is -0.455. The second-order valence-corrected chi connectivity index (χ2v) is 7.53. The van der Waals surface area contributed by atoms with Gasteiger partial charge in [-0.25, -0.2) is 9.78 Å². The maximum Gasteiger partial charge on any atom is 0.358 e. The number of methoxy groups -OCH3 is 1. The van der Waals surface area contributed by atoms with Gasteiger partial charge in [0, 0.05) is 24.2 Å². The number of rotatable bonds is 4. The number of hydrogen-bond acceptors (Lipinski definition) is 7. The summed E-state index contributed by atoms with van der Waals surface area (Å²) in [6.07, 6.45) is 0.808. The Balaban J connectivity index is 1.65. The Hall–Kier alpha value is -1.87. The highest BCUT2D eigenvalue weighted by atomic mass is 32.2. The number of nitrogens with zero attached hydrogens (tertiary/aromatic N) is 4. The number of ether oxygens (including phenoxy) is 1. The fourth-order valence-electron chi connectivity index (χ4n) is 2.49. The van der Waals surface area contributed by atoms with Crippen LogP contribution >= 0.6 is 23.1 Å². The summed E-state index contributed by atoms with van der Waals surface area (Å²) in [5.74, 6) is -0.0180. The van der Waals surface area contributed by atoms with Gasteiger partial charge in [0.25, 0.3) is 0 Å². The quantitative estimate of drug-likeness (QED) is 0.608. The summed E-state index contributed by atoms with van der Waals surface area (Å²) < 4.78 is 7.40. The molecule has 3 rings (SSSR count). The molecule has 0 fully saturated rings. The number of aromatic nitrogens is 3. The molecular weight excluding hydrogens is 348 g/mol. The second-order valence-electron chi connectivity index (χ2n) is 5.45. The van der Waals surface area contributed by atoms with E-state index in [4.69, 9.17) is 4.74 Å². The summed E-state index contributed by atoms with van der Waals surface area (Å²) in [7, 11) is 1.33. The Morgan fingerprint density at radius 2 is 2.25 bits per heavy atom. The van der Waals surface area contributed by atoms with Crippen LogP contribution in [0.3, 0.4) is 0 Å². The van der Waals surface area contributed by atoms with E-state index in [1.807, 2.05) is 17.2 Å². The molecule has 3 heterocycles. The van der Waals surface area contributed by atoms with Gasteiger partial charge in [0.2, 0.25) is 5.91 Å². The third-order valence-corrected chi connectivity index (χ3v) is 5.80. The van der Waals surface area contributed by atoms with Gasteiger partial charge in [-0.1, -0.05) is 11.8 Å². The standard InChI is InChI=1S/C15H18N4O3S2/c1-10-8-23-15(16-10)24-9-13(20)18-4-3-5-19-11(7-18)6-12(17-19)14(21)22-2/h6,8H,3-5,7,9H2,1-2H3. The van der Waals surface area contributed by atoms with E-state index in [-0.39, 0.29) is 11.6 Å². The van der Waals surface area contributed by atoms with E-state index < -0.39 is 5.97 Å². The third-order valence-electron chi connectivity index (χ3n) is 3.68. The molecule has 0 atom stereocenters. The zero-order chi connectivity index (χ0) is 17.1. The zero-order valence-electron chi connectivity index (χ0n) is 13.5. The number of aryl methyl sites for hydroxylation is 2. The predicted molar refractivity (Wildman–Crippen MR) is 91.2 cm³/mol. The monoisotopic (exact) mass is 366 g/mol. The van der Waals surface area contributed by atoms with Gasteiger partial charge < -0.3 is 9.64 Å². The highest BCUT2D eigenvalue weighted by molar-refractivity contribution is 8.01. The summed E-state index contributed by atoms with van der Waals surface area (Å²) in [5, 5.41) is 6.24. The molecule has 0 unspecified atom stereocenters. The molecule has 0 spiro atoms. The Bertz CT molecular complexity index is 756. The van der Waals surface area contributed by atoms with Crippen molar-refractivity contribution in [1.82, 2.24) is 19.7 Å². The van der Waals surface area contributed by atoms with Crippen molar-refractivity contribution < 1.29 is 14.3 Å². The van der Waals surface area contributed by atoms with E-state index in [0.29, 0.717) is 25.4 Å². The van der Waals surface area contributed by atoms with Crippen LogP contribution in [0.2, 0.25) is 0 Å². The molecule has 1 aliphatic rings. The molecule has 0 radical (unpaired) electrons. The van der Waals surface area contributed by atoms with Crippen molar-refractivity contribution in [2.45, 2.75) is 30.8 Å². The number of carbonyl (C=O) groups is 2. The minimum absolute atomic E-state index is 0.0714. The van der Waals surface area contributed by atoms with Gasteiger partial charge in [-0.05, 0) is 19.4 Å². The van der Waals surface area contributed by atoms with Crippen molar-refractivity contribution in [2.24, 2.45) is 0 Å². The molecule has 0 saturated heterocycles. The molecule has 2 aromatic rings. The second kappa shape index (κ2) is 7.35. The van der Waals surface area contributed by atoms with Crippen molar-refractivity contribution in [1.29, 1.82) is 0 Å². The SMILES string of the molecule is COC(=O)c1cc2n(n1)CCCN(C(=O)CSc1nc(C)cs1)C2. The van der Waals surface area contributed by atoms with Gasteiger partial charge in [0.15, 0.2) is 10.0 Å². The van der Waals surface area contributed by atoms with E-state index in [2.05, 4.69) is 10.1 Å². The Morgan fingerprint density at radius 3 is 2.96 bits per heavy atom.